The third-order valence-electron chi connectivity index (χ3n) is 2.01. The smallest absolute Gasteiger partial charge is 0.150 e. The zero-order valence-electron chi connectivity index (χ0n) is 6.66. The molecule has 2 heteroatoms. The van der Waals surface area contributed by atoms with Crippen LogP contribution in [0.1, 0.15) is 22.3 Å². The second-order valence-electron chi connectivity index (χ2n) is 2.86. The Morgan fingerprint density at radius 1 is 1.42 bits per heavy atom. The molecule has 0 unspecified atom stereocenters. The Morgan fingerprint density at radius 2 is 2.33 bits per heavy atom. The third kappa shape index (κ3) is 1.16. The molecule has 1 aliphatic rings. The first kappa shape index (κ1) is 7.22. The Morgan fingerprint density at radius 3 is 3.17 bits per heavy atom. The van der Waals surface area contributed by atoms with Crippen LogP contribution in [0.15, 0.2) is 23.2 Å². The summed E-state index contributed by atoms with van der Waals surface area (Å²) in [6.07, 6.45) is 4.78. The minimum absolute atomic E-state index is 0.742. The highest BCUT2D eigenvalue weighted by atomic mass is 16.1. The molecule has 1 aromatic rings. The van der Waals surface area contributed by atoms with Crippen molar-refractivity contribution in [2.24, 2.45) is 4.99 Å². The van der Waals surface area contributed by atoms with E-state index in [-0.39, 0.29) is 0 Å². The van der Waals surface area contributed by atoms with E-state index in [1.165, 1.54) is 5.56 Å². The fourth-order valence-electron chi connectivity index (χ4n) is 1.39. The van der Waals surface area contributed by atoms with Crippen LogP contribution in [0.2, 0.25) is 0 Å². The largest absolute Gasteiger partial charge is 0.298 e. The highest BCUT2D eigenvalue weighted by Crippen LogP contribution is 2.24. The average molecular weight is 159 g/mol. The zero-order valence-corrected chi connectivity index (χ0v) is 6.66. The molecule has 0 saturated carbocycles. The fourth-order valence-corrected chi connectivity index (χ4v) is 1.39. The molecule has 2 nitrogen and oxygen atoms in total. The second-order valence-corrected chi connectivity index (χ2v) is 2.86. The lowest BCUT2D eigenvalue weighted by Crippen LogP contribution is -1.94. The number of hydrogen-bond donors (Lipinski definition) is 0. The number of benzene rings is 1. The van der Waals surface area contributed by atoms with Gasteiger partial charge in [-0.15, -0.1) is 0 Å². The predicted octanol–water partition coefficient (Wildman–Crippen LogP) is 2.15. The third-order valence-corrected chi connectivity index (χ3v) is 2.01. The van der Waals surface area contributed by atoms with Gasteiger partial charge in [0, 0.05) is 11.8 Å². The van der Waals surface area contributed by atoms with E-state index in [0.29, 0.717) is 0 Å². The van der Waals surface area contributed by atoms with Gasteiger partial charge in [-0.1, -0.05) is 0 Å². The molecule has 12 heavy (non-hydrogen) atoms. The van der Waals surface area contributed by atoms with Crippen molar-refractivity contribution in [2.75, 3.05) is 0 Å². The van der Waals surface area contributed by atoms with Crippen molar-refractivity contribution in [2.45, 2.75) is 12.8 Å². The van der Waals surface area contributed by atoms with Crippen LogP contribution in [0.5, 0.6) is 0 Å². The van der Waals surface area contributed by atoms with E-state index in [2.05, 4.69) is 4.99 Å². The summed E-state index contributed by atoms with van der Waals surface area (Å²) in [4.78, 5) is 14.7. The number of fused-ring (bicyclic) bond motifs is 1. The molecular formula is C10H9NO. The van der Waals surface area contributed by atoms with Gasteiger partial charge in [0.25, 0.3) is 0 Å². The number of aliphatic imine (C=N–C) groups is 1. The highest BCUT2D eigenvalue weighted by molar-refractivity contribution is 5.78. The molecule has 0 radical (unpaired) electrons. The molecule has 0 N–H and O–H groups in total. The molecule has 0 amide bonds. The van der Waals surface area contributed by atoms with Crippen molar-refractivity contribution in [3.05, 3.63) is 29.3 Å². The molecule has 0 fully saturated rings. The van der Waals surface area contributed by atoms with Gasteiger partial charge in [0.15, 0.2) is 0 Å². The van der Waals surface area contributed by atoms with Crippen molar-refractivity contribution in [3.8, 4) is 0 Å². The van der Waals surface area contributed by atoms with Crippen LogP contribution < -0.4 is 0 Å². The quantitative estimate of drug-likeness (QED) is 0.577. The summed E-state index contributed by atoms with van der Waals surface area (Å²) in [5, 5.41) is 0. The second kappa shape index (κ2) is 2.89. The molecule has 2 rings (SSSR count). The van der Waals surface area contributed by atoms with Crippen molar-refractivity contribution in [3.63, 3.8) is 0 Å². The normalized spacial score (nSPS) is 14.0. The van der Waals surface area contributed by atoms with E-state index in [1.807, 2.05) is 18.3 Å². The maximum atomic E-state index is 10.5. The number of rotatable bonds is 1. The van der Waals surface area contributed by atoms with Gasteiger partial charge in [0.2, 0.25) is 0 Å². The van der Waals surface area contributed by atoms with Gasteiger partial charge in [-0.3, -0.25) is 9.79 Å². The van der Waals surface area contributed by atoms with Crippen molar-refractivity contribution < 1.29 is 4.79 Å². The first-order valence-corrected chi connectivity index (χ1v) is 4.01. The summed E-state index contributed by atoms with van der Waals surface area (Å²) in [6, 6.07) is 5.61. The van der Waals surface area contributed by atoms with Crippen LogP contribution in [0, 0.1) is 0 Å². The van der Waals surface area contributed by atoms with Crippen LogP contribution in [-0.4, -0.2) is 12.5 Å². The van der Waals surface area contributed by atoms with E-state index in [9.17, 15) is 4.79 Å². The van der Waals surface area contributed by atoms with Gasteiger partial charge in [-0.05, 0) is 36.6 Å². The Balaban J connectivity index is 2.50. The monoisotopic (exact) mass is 159 g/mol. The summed E-state index contributed by atoms with van der Waals surface area (Å²) in [7, 11) is 0. The van der Waals surface area contributed by atoms with Gasteiger partial charge in [-0.25, -0.2) is 0 Å². The van der Waals surface area contributed by atoms with E-state index in [1.54, 1.807) is 6.07 Å². The molecular weight excluding hydrogens is 150 g/mol. The SMILES string of the molecule is O=Cc1ccc2c(c1)CCC=N2. The van der Waals surface area contributed by atoms with Crippen LogP contribution in [0.25, 0.3) is 0 Å². The maximum absolute atomic E-state index is 10.5. The Bertz CT molecular complexity index is 342. The summed E-state index contributed by atoms with van der Waals surface area (Å²) in [5.74, 6) is 0. The molecule has 1 aromatic carbocycles. The predicted molar refractivity (Wildman–Crippen MR) is 48.3 cm³/mol. The van der Waals surface area contributed by atoms with Crippen LogP contribution >= 0.6 is 0 Å². The average Bonchev–Trinajstić information content (AvgIpc) is 2.17. The van der Waals surface area contributed by atoms with Gasteiger partial charge in [0.1, 0.15) is 6.29 Å². The Hall–Kier alpha value is -1.44. The van der Waals surface area contributed by atoms with Gasteiger partial charge < -0.3 is 0 Å². The van der Waals surface area contributed by atoms with Gasteiger partial charge in [-0.2, -0.15) is 0 Å². The summed E-state index contributed by atoms with van der Waals surface area (Å²) in [6.45, 7) is 0. The number of aldehydes is 1. The molecule has 1 heterocycles. The zero-order chi connectivity index (χ0) is 8.39. The lowest BCUT2D eigenvalue weighted by Gasteiger charge is -2.08. The van der Waals surface area contributed by atoms with Gasteiger partial charge >= 0.3 is 0 Å². The number of carbonyl (C=O) groups is 1. The number of aryl methyl sites for hydroxylation is 1. The first-order chi connectivity index (χ1) is 5.90. The summed E-state index contributed by atoms with van der Waals surface area (Å²) in [5.41, 5.74) is 2.93. The topological polar surface area (TPSA) is 29.4 Å². The van der Waals surface area contributed by atoms with Crippen LogP contribution in [0.3, 0.4) is 0 Å². The highest BCUT2D eigenvalue weighted by Gasteiger charge is 2.05. The molecule has 60 valence electrons. The molecule has 1 aliphatic heterocycles. The van der Waals surface area contributed by atoms with E-state index in [0.717, 1.165) is 30.4 Å². The van der Waals surface area contributed by atoms with E-state index >= 15 is 0 Å². The number of carbonyl (C=O) groups excluding carboxylic acids is 1. The summed E-state index contributed by atoms with van der Waals surface area (Å²) < 4.78 is 0. The van der Waals surface area contributed by atoms with Gasteiger partial charge in [0.05, 0.1) is 5.69 Å². The van der Waals surface area contributed by atoms with E-state index in [4.69, 9.17) is 0 Å². The fraction of sp³-hybridized carbons (Fsp3) is 0.200. The molecule has 0 atom stereocenters. The Labute approximate surface area is 70.9 Å². The Kier molecular flexibility index (Phi) is 1.74. The van der Waals surface area contributed by atoms with Crippen LogP contribution in [-0.2, 0) is 6.42 Å². The van der Waals surface area contributed by atoms with Crippen LogP contribution in [0.4, 0.5) is 5.69 Å². The number of nitrogens with zero attached hydrogens (tertiary/aromatic N) is 1. The lowest BCUT2D eigenvalue weighted by molar-refractivity contribution is 0.112. The standard InChI is InChI=1S/C10H9NO/c12-7-8-3-4-10-9(6-8)2-1-5-11-10/h3-7H,1-2H2. The molecule has 0 aromatic heterocycles. The molecule has 0 saturated heterocycles. The van der Waals surface area contributed by atoms with E-state index < -0.39 is 0 Å². The molecule has 0 aliphatic carbocycles. The molecule has 0 spiro atoms. The minimum atomic E-state index is 0.742. The lowest BCUT2D eigenvalue weighted by atomic mass is 10.0. The van der Waals surface area contributed by atoms with Crippen molar-refractivity contribution in [1.29, 1.82) is 0 Å². The minimum Gasteiger partial charge on any atom is -0.298 e. The first-order valence-electron chi connectivity index (χ1n) is 4.01. The summed E-state index contributed by atoms with van der Waals surface area (Å²) >= 11 is 0. The van der Waals surface area contributed by atoms with Crippen molar-refractivity contribution >= 4 is 18.2 Å². The number of hydrogen-bond acceptors (Lipinski definition) is 2. The van der Waals surface area contributed by atoms with Crippen molar-refractivity contribution in [1.82, 2.24) is 0 Å². The maximum Gasteiger partial charge on any atom is 0.150 e. The molecule has 0 bridgehead atoms.